The summed E-state index contributed by atoms with van der Waals surface area (Å²) in [6, 6.07) is 61.7. The van der Waals surface area contributed by atoms with E-state index in [0.29, 0.717) is 5.84 Å². The Balaban J connectivity index is 1.33. The van der Waals surface area contributed by atoms with Crippen molar-refractivity contribution in [3.63, 3.8) is 0 Å². The van der Waals surface area contributed by atoms with Crippen LogP contribution in [0.3, 0.4) is 0 Å². The summed E-state index contributed by atoms with van der Waals surface area (Å²) in [5.74, 6) is 0.619. The summed E-state index contributed by atoms with van der Waals surface area (Å²) < 4.78 is 8.53. The fourth-order valence-corrected chi connectivity index (χ4v) is 20.2. The van der Waals surface area contributed by atoms with Gasteiger partial charge >= 0.3 is 5.84 Å². The second kappa shape index (κ2) is 13.3. The van der Waals surface area contributed by atoms with Crippen LogP contribution in [0.15, 0.2) is 178 Å². The molecule has 1 aliphatic rings. The van der Waals surface area contributed by atoms with Gasteiger partial charge in [0.15, 0.2) is 13.7 Å². The number of benzene rings is 7. The highest BCUT2D eigenvalue weighted by molar-refractivity contribution is 8.00. The molecule has 2 aromatic heterocycles. The normalized spacial score (nSPS) is 15.0. The third kappa shape index (κ3) is 5.34. The standard InChI is InChI=1S/C52H48N2OSSi2/c1-51(2,3)40-33-32-37(34-39(40)38-24-18-27-43-48(38)53-50-54(43)42-26-15-16-28-44(42)55-50)58(35-20-10-8-11-21-35,36-22-12-9-13-23-36)47-31-19-30-46-49(47)56-45-29-17-14-25-41(45)52(4,5)57(46,6)7/h8-34H,1-7H3. The predicted molar refractivity (Wildman–Crippen MR) is 251 cm³/mol. The number of aromatic nitrogens is 2. The van der Waals surface area contributed by atoms with Crippen LogP contribution in [0.4, 0.5) is 0 Å². The first kappa shape index (κ1) is 36.9. The molecule has 0 atom stereocenters. The van der Waals surface area contributed by atoms with E-state index < -0.39 is 16.1 Å². The first-order chi connectivity index (χ1) is 27.9. The number of hydrogen-bond donors (Lipinski definition) is 0. The molecule has 0 saturated carbocycles. The average Bonchev–Trinajstić information content (AvgIpc) is 3.77. The molecule has 0 fully saturated rings. The number of hydrogen-bond acceptors (Lipinski definition) is 3. The van der Waals surface area contributed by atoms with Crippen molar-refractivity contribution in [1.82, 2.24) is 9.38 Å². The lowest BCUT2D eigenvalue weighted by Crippen LogP contribution is -2.76. The van der Waals surface area contributed by atoms with Gasteiger partial charge in [0.2, 0.25) is 0 Å². The van der Waals surface area contributed by atoms with Crippen LogP contribution in [-0.4, -0.2) is 25.5 Å². The van der Waals surface area contributed by atoms with Crippen molar-refractivity contribution in [3.05, 3.63) is 175 Å². The molecule has 10 rings (SSSR count). The minimum Gasteiger partial charge on any atom is -0.423 e. The highest BCUT2D eigenvalue weighted by atomic mass is 32.2. The van der Waals surface area contributed by atoms with Crippen LogP contribution in [-0.2, 0) is 10.5 Å². The molecule has 0 radical (unpaired) electrons. The SMILES string of the molecule is CC(C)(C)c1ccc([Si](c2ccccc2)(c2ccccc2)c2cccc3c2Sc2ccccc2C(C)(C)[Si]3(C)C)cc1-c1cccc2c1nc1oc3ccccc3n12. The number of rotatable bonds is 5. The highest BCUT2D eigenvalue weighted by Gasteiger charge is 2.50. The molecule has 0 amide bonds. The smallest absolute Gasteiger partial charge is 0.307 e. The van der Waals surface area contributed by atoms with Crippen molar-refractivity contribution >= 4 is 81.8 Å². The Morgan fingerprint density at radius 1 is 0.638 bits per heavy atom. The molecular weight excluding hydrogens is 757 g/mol. The Morgan fingerprint density at radius 3 is 2.00 bits per heavy atom. The van der Waals surface area contributed by atoms with Crippen molar-refractivity contribution in [3.8, 4) is 11.1 Å². The molecule has 58 heavy (non-hydrogen) atoms. The van der Waals surface area contributed by atoms with Crippen LogP contribution >= 0.6 is 11.8 Å². The fraction of sp³-hybridized carbons (Fsp3) is 0.173. The number of oxazole rings is 1. The first-order valence-electron chi connectivity index (χ1n) is 20.4. The molecule has 3 heterocycles. The molecule has 0 unspecified atom stereocenters. The zero-order valence-corrected chi connectivity index (χ0v) is 37.1. The van der Waals surface area contributed by atoms with Gasteiger partial charge in [-0.3, -0.25) is 4.40 Å². The number of nitrogens with zero attached hydrogens (tertiary/aromatic N) is 2. The Bertz CT molecular complexity index is 2990. The van der Waals surface area contributed by atoms with Gasteiger partial charge in [-0.25, -0.2) is 0 Å². The van der Waals surface area contributed by atoms with Gasteiger partial charge in [-0.2, -0.15) is 4.98 Å². The molecule has 9 aromatic rings. The summed E-state index contributed by atoms with van der Waals surface area (Å²) in [6.45, 7) is 17.2. The minimum absolute atomic E-state index is 0.0272. The number of para-hydroxylation sites is 3. The van der Waals surface area contributed by atoms with E-state index in [1.165, 1.54) is 47.2 Å². The maximum atomic E-state index is 6.36. The summed E-state index contributed by atoms with van der Waals surface area (Å²) in [5.41, 5.74) is 8.86. The molecule has 0 aliphatic carbocycles. The quantitative estimate of drug-likeness (QED) is 0.128. The third-order valence-electron chi connectivity index (χ3n) is 13.4. The topological polar surface area (TPSA) is 30.4 Å². The van der Waals surface area contributed by atoms with Gasteiger partial charge in [-0.05, 0) is 77.3 Å². The van der Waals surface area contributed by atoms with Crippen molar-refractivity contribution in [2.24, 2.45) is 0 Å². The van der Waals surface area contributed by atoms with E-state index in [1.54, 1.807) is 5.19 Å². The van der Waals surface area contributed by atoms with Gasteiger partial charge in [-0.15, -0.1) is 0 Å². The van der Waals surface area contributed by atoms with Gasteiger partial charge in [-0.1, -0.05) is 199 Å². The van der Waals surface area contributed by atoms with Crippen molar-refractivity contribution < 1.29 is 4.42 Å². The van der Waals surface area contributed by atoms with E-state index in [9.17, 15) is 0 Å². The van der Waals surface area contributed by atoms with E-state index in [-0.39, 0.29) is 10.5 Å². The van der Waals surface area contributed by atoms with Gasteiger partial charge < -0.3 is 4.42 Å². The lowest BCUT2D eigenvalue weighted by Gasteiger charge is -2.42. The van der Waals surface area contributed by atoms with Crippen LogP contribution < -0.4 is 25.9 Å². The molecule has 0 spiro atoms. The number of fused-ring (bicyclic) bond motifs is 7. The van der Waals surface area contributed by atoms with E-state index >= 15 is 0 Å². The fourth-order valence-electron chi connectivity index (χ4n) is 9.71. The largest absolute Gasteiger partial charge is 0.423 e. The third-order valence-corrected chi connectivity index (χ3v) is 24.9. The summed E-state index contributed by atoms with van der Waals surface area (Å²) in [5, 5.41) is 7.15. The minimum atomic E-state index is -3.04. The van der Waals surface area contributed by atoms with Crippen molar-refractivity contribution in [2.45, 2.75) is 68.0 Å². The van der Waals surface area contributed by atoms with Gasteiger partial charge in [0.1, 0.15) is 5.52 Å². The Hall–Kier alpha value is -5.41. The highest BCUT2D eigenvalue weighted by Crippen LogP contribution is 2.45. The zero-order valence-electron chi connectivity index (χ0n) is 34.3. The van der Waals surface area contributed by atoms with Crippen molar-refractivity contribution in [2.75, 3.05) is 0 Å². The molecule has 0 N–H and O–H groups in total. The monoisotopic (exact) mass is 804 g/mol. The second-order valence-electron chi connectivity index (χ2n) is 18.0. The van der Waals surface area contributed by atoms with Crippen LogP contribution in [0.1, 0.15) is 45.7 Å². The molecular formula is C52H48N2OSSi2. The maximum Gasteiger partial charge on any atom is 0.307 e. The van der Waals surface area contributed by atoms with Gasteiger partial charge in [0.25, 0.3) is 0 Å². The van der Waals surface area contributed by atoms with Crippen LogP contribution in [0.5, 0.6) is 0 Å². The molecule has 7 aromatic carbocycles. The molecule has 0 bridgehead atoms. The summed E-state index contributed by atoms with van der Waals surface area (Å²) in [7, 11) is -5.17. The van der Waals surface area contributed by atoms with Crippen LogP contribution in [0, 0.1) is 0 Å². The average molecular weight is 805 g/mol. The van der Waals surface area contributed by atoms with Crippen LogP contribution in [0.2, 0.25) is 13.1 Å². The molecule has 1 aliphatic heterocycles. The maximum absolute atomic E-state index is 6.36. The molecule has 6 heteroatoms. The molecule has 3 nitrogen and oxygen atoms in total. The van der Waals surface area contributed by atoms with E-state index in [0.717, 1.165) is 27.7 Å². The molecule has 286 valence electrons. The molecule has 0 saturated heterocycles. The Kier molecular flexibility index (Phi) is 8.47. The Morgan fingerprint density at radius 2 is 1.28 bits per heavy atom. The lowest BCUT2D eigenvalue weighted by atomic mass is 9.81. The van der Waals surface area contributed by atoms with Crippen LogP contribution in [0.25, 0.3) is 39.1 Å². The summed E-state index contributed by atoms with van der Waals surface area (Å²) >= 11 is 2.01. The predicted octanol–water partition coefficient (Wildman–Crippen LogP) is 10.5. The first-order valence-corrected chi connectivity index (χ1v) is 26.2. The van der Waals surface area contributed by atoms with E-state index in [1.807, 2.05) is 23.9 Å². The second-order valence-corrected chi connectivity index (χ2v) is 27.9. The number of imidazole rings is 1. The summed E-state index contributed by atoms with van der Waals surface area (Å²) in [4.78, 5) is 8.06. The van der Waals surface area contributed by atoms with Crippen molar-refractivity contribution in [1.29, 1.82) is 0 Å². The van der Waals surface area contributed by atoms with Gasteiger partial charge in [0.05, 0.1) is 19.1 Å². The van der Waals surface area contributed by atoms with E-state index in [2.05, 4.69) is 204 Å². The summed E-state index contributed by atoms with van der Waals surface area (Å²) in [6.07, 6.45) is 0. The van der Waals surface area contributed by atoms with E-state index in [4.69, 9.17) is 9.40 Å². The van der Waals surface area contributed by atoms with Gasteiger partial charge in [0, 0.05) is 15.4 Å². The zero-order chi connectivity index (χ0) is 40.0. The lowest BCUT2D eigenvalue weighted by molar-refractivity contribution is 0.592. The Labute approximate surface area is 347 Å².